The fraction of sp³-hybridized carbons (Fsp3) is 0.692. The summed E-state index contributed by atoms with van der Waals surface area (Å²) in [6.07, 6.45) is 16.0. The molecule has 0 amide bonds. The van der Waals surface area contributed by atoms with Crippen LogP contribution in [-0.4, -0.2) is 0 Å². The lowest BCUT2D eigenvalue weighted by molar-refractivity contribution is 0.304. The maximum absolute atomic E-state index is 2.56. The van der Waals surface area contributed by atoms with Crippen molar-refractivity contribution in [3.05, 3.63) is 23.8 Å². The van der Waals surface area contributed by atoms with E-state index in [1.54, 1.807) is 5.57 Å². The van der Waals surface area contributed by atoms with E-state index in [0.29, 0.717) is 0 Å². The van der Waals surface area contributed by atoms with Crippen molar-refractivity contribution in [2.45, 2.75) is 38.5 Å². The minimum absolute atomic E-state index is 0.856. The van der Waals surface area contributed by atoms with Crippen molar-refractivity contribution in [3.63, 3.8) is 0 Å². The quantitative estimate of drug-likeness (QED) is 0.491. The average Bonchev–Trinajstić information content (AvgIpc) is 2.65. The third-order valence-corrected chi connectivity index (χ3v) is 4.23. The first-order valence-corrected chi connectivity index (χ1v) is 5.81. The lowest BCUT2D eigenvalue weighted by Gasteiger charge is -2.34. The second-order valence-electron chi connectivity index (χ2n) is 4.86. The Bertz CT molecular complexity index is 259. The molecule has 3 rings (SSSR count). The van der Waals surface area contributed by atoms with Crippen molar-refractivity contribution in [2.75, 3.05) is 0 Å². The molecule has 0 heterocycles. The second-order valence-corrected chi connectivity index (χ2v) is 4.86. The van der Waals surface area contributed by atoms with Gasteiger partial charge in [-0.25, -0.2) is 0 Å². The van der Waals surface area contributed by atoms with Gasteiger partial charge in [-0.1, -0.05) is 30.2 Å². The Morgan fingerprint density at radius 3 is 3.23 bits per heavy atom. The molecule has 0 aromatic carbocycles. The highest BCUT2D eigenvalue weighted by Gasteiger charge is 2.36. The van der Waals surface area contributed by atoms with Gasteiger partial charge in [0.25, 0.3) is 0 Å². The Balaban J connectivity index is 1.92. The molecule has 3 aliphatic rings. The van der Waals surface area contributed by atoms with Gasteiger partial charge in [0, 0.05) is 5.92 Å². The van der Waals surface area contributed by atoms with E-state index < -0.39 is 0 Å². The fourth-order valence-electron chi connectivity index (χ4n) is 3.57. The monoisotopic (exact) mass is 174 g/mol. The Morgan fingerprint density at radius 1 is 1.23 bits per heavy atom. The Morgan fingerprint density at radius 2 is 2.23 bits per heavy atom. The minimum Gasteiger partial charge on any atom is -0.0876 e. The van der Waals surface area contributed by atoms with E-state index in [1.807, 2.05) is 0 Å². The van der Waals surface area contributed by atoms with E-state index in [-0.39, 0.29) is 0 Å². The summed E-state index contributed by atoms with van der Waals surface area (Å²) in [6.45, 7) is 0. The Hall–Kier alpha value is -0.520. The number of fused-ring (bicyclic) bond motifs is 3. The van der Waals surface area contributed by atoms with Gasteiger partial charge >= 0.3 is 0 Å². The molecular formula is C13H18. The van der Waals surface area contributed by atoms with Gasteiger partial charge < -0.3 is 0 Å². The molecule has 3 aliphatic carbocycles. The van der Waals surface area contributed by atoms with Crippen molar-refractivity contribution >= 4 is 0 Å². The largest absolute Gasteiger partial charge is 0.0876 e. The number of allylic oxidation sites excluding steroid dienone is 4. The van der Waals surface area contributed by atoms with Gasteiger partial charge in [0.05, 0.1) is 0 Å². The van der Waals surface area contributed by atoms with Crippen molar-refractivity contribution in [1.29, 1.82) is 0 Å². The molecular weight excluding hydrogens is 156 g/mol. The smallest absolute Gasteiger partial charge is 0.000787 e. The molecule has 70 valence electrons. The van der Waals surface area contributed by atoms with Crippen LogP contribution in [0.3, 0.4) is 0 Å². The van der Waals surface area contributed by atoms with Crippen LogP contribution in [0.5, 0.6) is 0 Å². The fourth-order valence-corrected chi connectivity index (χ4v) is 3.57. The standard InChI is InChI=1S/C13H18/c1-2-6-12-10(4-1)8-9-11-5-3-7-13(11)12/h2,6,8,11-13H,1,3-5,7,9H2. The van der Waals surface area contributed by atoms with Crippen LogP contribution < -0.4 is 0 Å². The minimum atomic E-state index is 0.856. The zero-order valence-electron chi connectivity index (χ0n) is 8.21. The number of hydrogen-bond acceptors (Lipinski definition) is 0. The van der Waals surface area contributed by atoms with Gasteiger partial charge in [0.2, 0.25) is 0 Å². The summed E-state index contributed by atoms with van der Waals surface area (Å²) in [4.78, 5) is 0. The zero-order chi connectivity index (χ0) is 8.67. The summed E-state index contributed by atoms with van der Waals surface area (Å²) < 4.78 is 0. The summed E-state index contributed by atoms with van der Waals surface area (Å²) in [5.41, 5.74) is 1.77. The van der Waals surface area contributed by atoms with Crippen LogP contribution in [0.2, 0.25) is 0 Å². The lowest BCUT2D eigenvalue weighted by Crippen LogP contribution is -2.24. The summed E-state index contributed by atoms with van der Waals surface area (Å²) in [5.74, 6) is 2.92. The summed E-state index contributed by atoms with van der Waals surface area (Å²) in [7, 11) is 0. The molecule has 0 aromatic heterocycles. The van der Waals surface area contributed by atoms with Crippen LogP contribution >= 0.6 is 0 Å². The van der Waals surface area contributed by atoms with Gasteiger partial charge in [-0.3, -0.25) is 0 Å². The molecule has 0 heteroatoms. The van der Waals surface area contributed by atoms with Gasteiger partial charge in [0.15, 0.2) is 0 Å². The molecule has 0 spiro atoms. The predicted molar refractivity (Wildman–Crippen MR) is 55.4 cm³/mol. The highest BCUT2D eigenvalue weighted by molar-refractivity contribution is 5.23. The highest BCUT2D eigenvalue weighted by atomic mass is 14.4. The summed E-state index contributed by atoms with van der Waals surface area (Å²) in [6, 6.07) is 0. The van der Waals surface area contributed by atoms with Gasteiger partial charge in [-0.2, -0.15) is 0 Å². The maximum atomic E-state index is 2.56. The van der Waals surface area contributed by atoms with E-state index in [0.717, 1.165) is 17.8 Å². The number of rotatable bonds is 0. The Kier molecular flexibility index (Phi) is 1.81. The predicted octanol–water partition coefficient (Wildman–Crippen LogP) is 3.70. The topological polar surface area (TPSA) is 0 Å². The van der Waals surface area contributed by atoms with Crippen LogP contribution in [0.4, 0.5) is 0 Å². The van der Waals surface area contributed by atoms with Gasteiger partial charge in [0.1, 0.15) is 0 Å². The average molecular weight is 174 g/mol. The molecule has 0 bridgehead atoms. The third-order valence-electron chi connectivity index (χ3n) is 4.23. The van der Waals surface area contributed by atoms with Crippen LogP contribution in [0.15, 0.2) is 23.8 Å². The maximum Gasteiger partial charge on any atom is 0.000787 e. The van der Waals surface area contributed by atoms with Crippen molar-refractivity contribution in [2.24, 2.45) is 17.8 Å². The van der Waals surface area contributed by atoms with Gasteiger partial charge in [-0.05, 0) is 43.9 Å². The molecule has 13 heavy (non-hydrogen) atoms. The molecule has 0 nitrogen and oxygen atoms in total. The normalized spacial score (nSPS) is 42.5. The zero-order valence-corrected chi connectivity index (χ0v) is 8.21. The van der Waals surface area contributed by atoms with Crippen molar-refractivity contribution < 1.29 is 0 Å². The Labute approximate surface area is 80.7 Å². The van der Waals surface area contributed by atoms with E-state index in [2.05, 4.69) is 18.2 Å². The lowest BCUT2D eigenvalue weighted by atomic mass is 9.70. The van der Waals surface area contributed by atoms with E-state index >= 15 is 0 Å². The first-order valence-electron chi connectivity index (χ1n) is 5.81. The SMILES string of the molecule is C1=CC2C(=CCC3CCCC32)CC1. The second kappa shape index (κ2) is 3.01. The first kappa shape index (κ1) is 7.84. The van der Waals surface area contributed by atoms with E-state index in [9.17, 15) is 0 Å². The van der Waals surface area contributed by atoms with Crippen molar-refractivity contribution in [3.8, 4) is 0 Å². The summed E-state index contributed by atoms with van der Waals surface area (Å²) in [5, 5.41) is 0. The molecule has 0 N–H and O–H groups in total. The molecule has 0 saturated heterocycles. The molecule has 0 radical (unpaired) electrons. The third kappa shape index (κ3) is 1.19. The molecule has 0 aromatic rings. The molecule has 1 saturated carbocycles. The van der Waals surface area contributed by atoms with Crippen LogP contribution in [0.25, 0.3) is 0 Å². The molecule has 0 aliphatic heterocycles. The molecule has 3 unspecified atom stereocenters. The highest BCUT2D eigenvalue weighted by Crippen LogP contribution is 2.47. The van der Waals surface area contributed by atoms with Crippen LogP contribution in [0, 0.1) is 17.8 Å². The van der Waals surface area contributed by atoms with Gasteiger partial charge in [-0.15, -0.1) is 0 Å². The van der Waals surface area contributed by atoms with Crippen molar-refractivity contribution in [1.82, 2.24) is 0 Å². The van der Waals surface area contributed by atoms with Crippen LogP contribution in [-0.2, 0) is 0 Å². The summed E-state index contributed by atoms with van der Waals surface area (Å²) >= 11 is 0. The number of hydrogen-bond donors (Lipinski definition) is 0. The molecule has 3 atom stereocenters. The van der Waals surface area contributed by atoms with Crippen LogP contribution in [0.1, 0.15) is 38.5 Å². The van der Waals surface area contributed by atoms with E-state index in [1.165, 1.54) is 38.5 Å². The van der Waals surface area contributed by atoms with E-state index in [4.69, 9.17) is 0 Å². The first-order chi connectivity index (χ1) is 6.45. The molecule has 1 fully saturated rings.